The molecule has 3 unspecified atom stereocenters. The molecule has 2 aromatic heterocycles. The van der Waals surface area contributed by atoms with Crippen LogP contribution in [0.3, 0.4) is 0 Å². The molecule has 3 nitrogen and oxygen atoms in total. The highest BCUT2D eigenvalue weighted by Gasteiger charge is 2.48. The Balaban J connectivity index is 0.862. The van der Waals surface area contributed by atoms with E-state index >= 15 is 0 Å². The van der Waals surface area contributed by atoms with Gasteiger partial charge in [-0.05, 0) is 227 Å². The highest BCUT2D eigenvalue weighted by atomic mass is 15.2. The van der Waals surface area contributed by atoms with E-state index in [1.165, 1.54) is 145 Å². The molecule has 0 spiro atoms. The van der Waals surface area contributed by atoms with Crippen molar-refractivity contribution in [3.8, 4) is 27.9 Å². The first-order chi connectivity index (χ1) is 47.6. The lowest BCUT2D eigenvalue weighted by Gasteiger charge is -2.39. The molecule has 17 rings (SSSR count). The summed E-state index contributed by atoms with van der Waals surface area (Å²) >= 11 is 0. The van der Waals surface area contributed by atoms with Crippen molar-refractivity contribution < 1.29 is 0 Å². The van der Waals surface area contributed by atoms with Gasteiger partial charge >= 0.3 is 0 Å². The molecular weight excluding hydrogens is 1180 g/mol. The van der Waals surface area contributed by atoms with Crippen molar-refractivity contribution in [1.82, 2.24) is 9.13 Å². The number of hydrogen-bond donors (Lipinski definition) is 0. The van der Waals surface area contributed by atoms with Gasteiger partial charge < -0.3 is 14.0 Å². The second-order valence-corrected chi connectivity index (χ2v) is 30.1. The van der Waals surface area contributed by atoms with Crippen LogP contribution >= 0.6 is 0 Å². The Morgan fingerprint density at radius 3 is 1.71 bits per heavy atom. The molecule has 12 aromatic rings. The largest absolute Gasteiger partial charge is 0.333 e. The van der Waals surface area contributed by atoms with E-state index in [1.807, 2.05) is 12.2 Å². The summed E-state index contributed by atoms with van der Waals surface area (Å²) < 4.78 is 5.11. The maximum absolute atomic E-state index is 4.20. The summed E-state index contributed by atoms with van der Waals surface area (Å²) in [7, 11) is 0. The minimum Gasteiger partial charge on any atom is -0.333 e. The quantitative estimate of drug-likeness (QED) is 0.106. The molecular formula is C95H85N3. The number of anilines is 2. The van der Waals surface area contributed by atoms with E-state index in [9.17, 15) is 0 Å². The Labute approximate surface area is 579 Å². The summed E-state index contributed by atoms with van der Waals surface area (Å²) in [5, 5.41) is 3.85. The van der Waals surface area contributed by atoms with E-state index in [2.05, 4.69) is 350 Å². The topological polar surface area (TPSA) is 13.1 Å². The molecule has 0 N–H and O–H groups in total. The molecule has 1 aliphatic heterocycles. The molecule has 10 aromatic carbocycles. The van der Waals surface area contributed by atoms with Crippen LogP contribution in [0, 0.1) is 23.2 Å². The van der Waals surface area contributed by atoms with Crippen molar-refractivity contribution in [2.24, 2.45) is 23.2 Å². The third kappa shape index (κ3) is 9.51. The van der Waals surface area contributed by atoms with Crippen LogP contribution < -0.4 is 4.90 Å². The lowest BCUT2D eigenvalue weighted by Crippen LogP contribution is -2.31. The Bertz CT molecular complexity index is 5340. The maximum atomic E-state index is 4.20. The van der Waals surface area contributed by atoms with Crippen LogP contribution in [0.2, 0.25) is 0 Å². The summed E-state index contributed by atoms with van der Waals surface area (Å²) in [6.45, 7) is 27.8. The van der Waals surface area contributed by atoms with Gasteiger partial charge in [0, 0.05) is 50.5 Å². The monoisotopic (exact) mass is 1270 g/mol. The van der Waals surface area contributed by atoms with Crippen molar-refractivity contribution in [2.45, 2.75) is 97.4 Å². The fourth-order valence-corrected chi connectivity index (χ4v) is 17.2. The highest BCUT2D eigenvalue weighted by molar-refractivity contribution is 6.13. The van der Waals surface area contributed by atoms with Gasteiger partial charge in [-0.15, -0.1) is 0 Å². The zero-order valence-corrected chi connectivity index (χ0v) is 57.8. The van der Waals surface area contributed by atoms with E-state index in [0.29, 0.717) is 11.8 Å². The third-order valence-corrected chi connectivity index (χ3v) is 24.2. The number of hydrogen-bond acceptors (Lipinski definition) is 1. The lowest BCUT2D eigenvalue weighted by atomic mass is 9.65. The standard InChI is InChI=1S/C95H85N3/c1-11-62-31-40-70(41-32-62)95(71-42-33-63(12-2)34-43-71)85-57-68(35-45-77(85)78-46-44-72(59-86(78)95)93(7,8)60(3)4)69-51-73(94(9,10)61(5)6)58-76(52-69)98-91-49-38-66(64-36-47-89-81(53-64)79-27-19-21-29-87(79)96(89)74-23-15-13-16-24-74)55-83(91)84-56-67(39-50-92(84)98)65-37-48-90-82(54-65)80-28-20-22-30-88(80)97(90)75-25-17-14-18-26-75/h11-19,21-27,29-57,59-61,73,81,89H,1-2,20,28,58H2,3-10H3. The van der Waals surface area contributed by atoms with E-state index in [1.54, 1.807) is 0 Å². The number of aryl methyl sites for hydroxylation is 1. The van der Waals surface area contributed by atoms with Gasteiger partial charge in [-0.1, -0.05) is 263 Å². The normalized spacial score (nSPS) is 17.6. The summed E-state index contributed by atoms with van der Waals surface area (Å²) in [5.41, 5.74) is 30.7. The lowest BCUT2D eigenvalue weighted by molar-refractivity contribution is 0.174. The van der Waals surface area contributed by atoms with Crippen molar-refractivity contribution >= 4 is 79.2 Å². The average molecular weight is 1270 g/mol. The Hall–Kier alpha value is -10.5. The maximum Gasteiger partial charge on any atom is 0.0713 e. The van der Waals surface area contributed by atoms with Gasteiger partial charge in [0.05, 0.1) is 28.0 Å². The molecule has 4 aliphatic carbocycles. The molecule has 5 aliphatic rings. The Morgan fingerprint density at radius 2 is 1.07 bits per heavy atom. The minimum absolute atomic E-state index is 0.0420. The zero-order valence-electron chi connectivity index (χ0n) is 57.8. The van der Waals surface area contributed by atoms with Gasteiger partial charge in [0.25, 0.3) is 0 Å². The fraction of sp³-hybridized carbons (Fsp3) is 0.200. The van der Waals surface area contributed by atoms with Gasteiger partial charge in [0.2, 0.25) is 0 Å². The number of para-hydroxylation sites is 3. The van der Waals surface area contributed by atoms with Crippen LogP contribution in [-0.4, -0.2) is 15.2 Å². The van der Waals surface area contributed by atoms with Crippen LogP contribution in [0.1, 0.15) is 141 Å². The van der Waals surface area contributed by atoms with E-state index in [0.717, 1.165) is 30.4 Å². The fourth-order valence-electron chi connectivity index (χ4n) is 17.2. The molecule has 0 amide bonds. The number of aromatic nitrogens is 2. The van der Waals surface area contributed by atoms with Crippen LogP contribution in [0.15, 0.2) is 274 Å². The van der Waals surface area contributed by atoms with Crippen molar-refractivity contribution in [1.29, 1.82) is 0 Å². The number of rotatable bonds is 14. The summed E-state index contributed by atoms with van der Waals surface area (Å²) in [5.74, 6) is 1.27. The number of allylic oxidation sites excluding steroid dienone is 7. The molecule has 3 atom stereocenters. The molecule has 480 valence electrons. The first-order valence-corrected chi connectivity index (χ1v) is 35.6. The smallest absolute Gasteiger partial charge is 0.0713 e. The number of nitrogens with zero attached hydrogens (tertiary/aromatic N) is 3. The molecule has 0 saturated carbocycles. The molecule has 3 heteroatoms. The van der Waals surface area contributed by atoms with E-state index < -0.39 is 5.41 Å². The van der Waals surface area contributed by atoms with Gasteiger partial charge in [-0.25, -0.2) is 0 Å². The van der Waals surface area contributed by atoms with E-state index in [4.69, 9.17) is 0 Å². The first kappa shape index (κ1) is 61.1. The predicted octanol–water partition coefficient (Wildman–Crippen LogP) is 24.8. The van der Waals surface area contributed by atoms with Crippen LogP contribution in [0.4, 0.5) is 11.4 Å². The third-order valence-electron chi connectivity index (χ3n) is 24.2. The van der Waals surface area contributed by atoms with Crippen molar-refractivity contribution in [3.63, 3.8) is 0 Å². The van der Waals surface area contributed by atoms with Crippen LogP contribution in [0.5, 0.6) is 0 Å². The predicted molar refractivity (Wildman–Crippen MR) is 419 cm³/mol. The van der Waals surface area contributed by atoms with Crippen molar-refractivity contribution in [2.75, 3.05) is 4.90 Å². The minimum atomic E-state index is -0.636. The highest BCUT2D eigenvalue weighted by Crippen LogP contribution is 2.59. The molecule has 3 heterocycles. The molecule has 0 saturated heterocycles. The molecule has 0 fully saturated rings. The summed E-state index contributed by atoms with van der Waals surface area (Å²) in [4.78, 5) is 2.53. The van der Waals surface area contributed by atoms with E-state index in [-0.39, 0.29) is 28.7 Å². The summed E-state index contributed by atoms with van der Waals surface area (Å²) in [6.07, 6.45) is 24.1. The van der Waals surface area contributed by atoms with Gasteiger partial charge in [-0.2, -0.15) is 0 Å². The Kier molecular flexibility index (Phi) is 14.6. The van der Waals surface area contributed by atoms with Gasteiger partial charge in [-0.3, -0.25) is 0 Å². The van der Waals surface area contributed by atoms with Gasteiger partial charge in [0.1, 0.15) is 0 Å². The molecule has 0 bridgehead atoms. The van der Waals surface area contributed by atoms with Crippen LogP contribution in [0.25, 0.3) is 95.7 Å². The van der Waals surface area contributed by atoms with Gasteiger partial charge in [0.15, 0.2) is 0 Å². The number of benzene rings is 10. The molecule has 0 radical (unpaired) electrons. The van der Waals surface area contributed by atoms with Crippen LogP contribution in [-0.2, 0) is 17.3 Å². The second-order valence-electron chi connectivity index (χ2n) is 30.1. The zero-order chi connectivity index (χ0) is 66.9. The second kappa shape index (κ2) is 23.4. The number of fused-ring (bicyclic) bond motifs is 12. The molecule has 98 heavy (non-hydrogen) atoms. The summed E-state index contributed by atoms with van der Waals surface area (Å²) in [6, 6.07) is 86.2. The average Bonchev–Trinajstić information content (AvgIpc) is 1.50. The Morgan fingerprint density at radius 1 is 0.510 bits per heavy atom. The van der Waals surface area contributed by atoms with Crippen molar-refractivity contribution in [3.05, 3.63) is 341 Å². The SMILES string of the molecule is C=Cc1ccc(C2(c3ccc(C=C)cc3)c3cc(C4=CC(C(C)(C)C(C)C)CC(n5c6ccc(C7=CC8c9ccccc9N(c9ccccc9)C8C=C7)cc6c6cc(-c7ccc8c(c7)c7c(n8-c8ccccc8)C=CCC7)ccc65)=C4)ccc3-c3ccc(C(C)(C)C(C)C)cc32)cc1. The first-order valence-electron chi connectivity index (χ1n) is 35.6.